The number of ether oxygens (including phenoxy) is 1. The van der Waals surface area contributed by atoms with Crippen LogP contribution in [0.4, 0.5) is 5.69 Å². The Kier molecular flexibility index (Phi) is 8.31. The van der Waals surface area contributed by atoms with E-state index in [0.29, 0.717) is 22.5 Å². The van der Waals surface area contributed by atoms with Crippen molar-refractivity contribution in [1.82, 2.24) is 4.72 Å². The van der Waals surface area contributed by atoms with Gasteiger partial charge in [-0.3, -0.25) is 4.79 Å². The number of halogens is 2. The molecular formula is C23H22BrClN2O4S. The van der Waals surface area contributed by atoms with E-state index < -0.39 is 22.0 Å². The van der Waals surface area contributed by atoms with Crippen LogP contribution in [0, 0.1) is 0 Å². The van der Waals surface area contributed by atoms with E-state index in [1.165, 1.54) is 18.2 Å². The summed E-state index contributed by atoms with van der Waals surface area (Å²) in [4.78, 5) is 13.0. The van der Waals surface area contributed by atoms with Crippen molar-refractivity contribution in [3.63, 3.8) is 0 Å². The summed E-state index contributed by atoms with van der Waals surface area (Å²) in [6, 6.07) is 19.4. The summed E-state index contributed by atoms with van der Waals surface area (Å²) in [6.07, 6.45) is 0.168. The lowest BCUT2D eigenvalue weighted by Crippen LogP contribution is -2.45. The number of hydrogen-bond acceptors (Lipinski definition) is 4. The Morgan fingerprint density at radius 3 is 2.41 bits per heavy atom. The predicted octanol–water partition coefficient (Wildman–Crippen LogP) is 5.03. The van der Waals surface area contributed by atoms with Gasteiger partial charge in [0, 0.05) is 4.47 Å². The molecule has 3 aromatic carbocycles. The zero-order valence-corrected chi connectivity index (χ0v) is 20.4. The quantitative estimate of drug-likeness (QED) is 0.401. The molecule has 9 heteroatoms. The number of para-hydroxylation sites is 1. The first-order valence-corrected chi connectivity index (χ1v) is 12.5. The van der Waals surface area contributed by atoms with Crippen LogP contribution in [-0.2, 0) is 21.2 Å². The van der Waals surface area contributed by atoms with Gasteiger partial charge in [-0.2, -0.15) is 4.72 Å². The molecule has 168 valence electrons. The SMILES string of the molecule is CCOc1ccc(S(=O)(=O)NC(Cc2ccccc2)C(=O)Nc2ccccc2Br)cc1Cl. The average Bonchev–Trinajstić information content (AvgIpc) is 2.77. The maximum absolute atomic E-state index is 13.1. The van der Waals surface area contributed by atoms with Gasteiger partial charge < -0.3 is 10.1 Å². The predicted molar refractivity (Wildman–Crippen MR) is 130 cm³/mol. The zero-order chi connectivity index (χ0) is 23.1. The molecule has 0 aliphatic rings. The number of rotatable bonds is 9. The van der Waals surface area contributed by atoms with Crippen molar-refractivity contribution in [1.29, 1.82) is 0 Å². The minimum atomic E-state index is -4.04. The van der Waals surface area contributed by atoms with Crippen LogP contribution in [0.5, 0.6) is 5.75 Å². The second-order valence-electron chi connectivity index (χ2n) is 6.86. The number of amides is 1. The van der Waals surface area contributed by atoms with E-state index in [0.717, 1.165) is 5.56 Å². The van der Waals surface area contributed by atoms with E-state index in [9.17, 15) is 13.2 Å². The first-order valence-electron chi connectivity index (χ1n) is 9.84. The third-order valence-corrected chi connectivity index (χ3v) is 7.00. The third kappa shape index (κ3) is 6.32. The van der Waals surface area contributed by atoms with Crippen molar-refractivity contribution in [2.45, 2.75) is 24.3 Å². The van der Waals surface area contributed by atoms with Crippen molar-refractivity contribution >= 4 is 49.1 Å². The van der Waals surface area contributed by atoms with Crippen molar-refractivity contribution in [2.24, 2.45) is 0 Å². The largest absolute Gasteiger partial charge is 0.492 e. The van der Waals surface area contributed by atoms with Crippen molar-refractivity contribution < 1.29 is 17.9 Å². The van der Waals surface area contributed by atoms with E-state index in [-0.39, 0.29) is 16.3 Å². The maximum atomic E-state index is 13.1. The molecule has 3 rings (SSSR count). The molecule has 0 fully saturated rings. The summed E-state index contributed by atoms with van der Waals surface area (Å²) < 4.78 is 34.7. The number of carbonyl (C=O) groups excluding carboxylic acids is 1. The summed E-state index contributed by atoms with van der Waals surface area (Å²) in [5.41, 5.74) is 1.35. The van der Waals surface area contributed by atoms with E-state index in [4.69, 9.17) is 16.3 Å². The molecule has 6 nitrogen and oxygen atoms in total. The van der Waals surface area contributed by atoms with Crippen LogP contribution in [0.25, 0.3) is 0 Å². The van der Waals surface area contributed by atoms with Gasteiger partial charge in [0.15, 0.2) is 0 Å². The highest BCUT2D eigenvalue weighted by Gasteiger charge is 2.27. The second kappa shape index (κ2) is 11.0. The van der Waals surface area contributed by atoms with E-state index >= 15 is 0 Å². The second-order valence-corrected chi connectivity index (χ2v) is 9.83. The number of benzene rings is 3. The molecule has 1 unspecified atom stereocenters. The summed E-state index contributed by atoms with van der Waals surface area (Å²) in [6.45, 7) is 2.21. The van der Waals surface area contributed by atoms with E-state index in [2.05, 4.69) is 26.0 Å². The summed E-state index contributed by atoms with van der Waals surface area (Å²) >= 11 is 9.55. The van der Waals surface area contributed by atoms with Crippen molar-refractivity contribution in [2.75, 3.05) is 11.9 Å². The smallest absolute Gasteiger partial charge is 0.242 e. The van der Waals surface area contributed by atoms with E-state index in [1.54, 1.807) is 25.1 Å². The molecular weight excluding hydrogens is 516 g/mol. The molecule has 0 saturated heterocycles. The number of anilines is 1. The Balaban J connectivity index is 1.88. The van der Waals surface area contributed by atoms with Crippen LogP contribution in [0.1, 0.15) is 12.5 Å². The maximum Gasteiger partial charge on any atom is 0.242 e. The molecule has 0 aromatic heterocycles. The third-order valence-electron chi connectivity index (χ3n) is 4.54. The van der Waals surface area contributed by atoms with Gasteiger partial charge in [-0.15, -0.1) is 0 Å². The van der Waals surface area contributed by atoms with Crippen molar-refractivity contribution in [3.8, 4) is 5.75 Å². The van der Waals surface area contributed by atoms with Crippen LogP contribution in [0.15, 0.2) is 82.2 Å². The van der Waals surface area contributed by atoms with Gasteiger partial charge in [-0.1, -0.05) is 54.1 Å². The Labute approximate surface area is 201 Å². The molecule has 0 radical (unpaired) electrons. The highest BCUT2D eigenvalue weighted by Crippen LogP contribution is 2.28. The van der Waals surface area contributed by atoms with Gasteiger partial charge in [-0.05, 0) is 65.2 Å². The molecule has 0 bridgehead atoms. The molecule has 32 heavy (non-hydrogen) atoms. The van der Waals surface area contributed by atoms with Gasteiger partial charge in [-0.25, -0.2) is 8.42 Å². The number of sulfonamides is 1. The van der Waals surface area contributed by atoms with Gasteiger partial charge in [0.1, 0.15) is 11.8 Å². The van der Waals surface area contributed by atoms with Crippen LogP contribution < -0.4 is 14.8 Å². The topological polar surface area (TPSA) is 84.5 Å². The normalized spacial score (nSPS) is 12.2. The highest BCUT2D eigenvalue weighted by molar-refractivity contribution is 9.10. The molecule has 1 amide bonds. The Hall–Kier alpha value is -2.39. The number of hydrogen-bond donors (Lipinski definition) is 2. The summed E-state index contributed by atoms with van der Waals surface area (Å²) in [5.74, 6) is -0.0954. The number of nitrogens with one attached hydrogen (secondary N) is 2. The van der Waals surface area contributed by atoms with E-state index in [1.807, 2.05) is 36.4 Å². The van der Waals surface area contributed by atoms with Crippen LogP contribution in [0.2, 0.25) is 5.02 Å². The monoisotopic (exact) mass is 536 g/mol. The Morgan fingerprint density at radius 2 is 1.75 bits per heavy atom. The minimum Gasteiger partial charge on any atom is -0.492 e. The molecule has 0 spiro atoms. The average molecular weight is 538 g/mol. The fourth-order valence-corrected chi connectivity index (χ4v) is 4.90. The fourth-order valence-electron chi connectivity index (χ4n) is 3.00. The molecule has 2 N–H and O–H groups in total. The van der Waals surface area contributed by atoms with Gasteiger partial charge in [0.05, 0.1) is 22.2 Å². The molecule has 0 heterocycles. The van der Waals surface area contributed by atoms with Crippen LogP contribution >= 0.6 is 27.5 Å². The lowest BCUT2D eigenvalue weighted by molar-refractivity contribution is -0.117. The molecule has 0 saturated carbocycles. The fraction of sp³-hybridized carbons (Fsp3) is 0.174. The minimum absolute atomic E-state index is 0.0577. The summed E-state index contributed by atoms with van der Waals surface area (Å²) in [5, 5.41) is 2.96. The van der Waals surface area contributed by atoms with Gasteiger partial charge in [0.25, 0.3) is 0 Å². The van der Waals surface area contributed by atoms with Crippen LogP contribution in [0.3, 0.4) is 0 Å². The first-order chi connectivity index (χ1) is 15.3. The first kappa shape index (κ1) is 24.3. The molecule has 0 aliphatic heterocycles. The van der Waals surface area contributed by atoms with Gasteiger partial charge in [0.2, 0.25) is 15.9 Å². The molecule has 0 aliphatic carbocycles. The van der Waals surface area contributed by atoms with Gasteiger partial charge >= 0.3 is 0 Å². The summed E-state index contributed by atoms with van der Waals surface area (Å²) in [7, 11) is -4.04. The highest BCUT2D eigenvalue weighted by atomic mass is 79.9. The Morgan fingerprint density at radius 1 is 1.06 bits per heavy atom. The molecule has 3 aromatic rings. The Bertz CT molecular complexity index is 1190. The molecule has 1 atom stereocenters. The standard InChI is InChI=1S/C23H22BrClN2O4S/c1-2-31-22-13-12-17(15-19(22)25)32(29,30)27-21(14-16-8-4-3-5-9-16)23(28)26-20-11-7-6-10-18(20)24/h3-13,15,21,27H,2,14H2,1H3,(H,26,28). The van der Waals surface area contributed by atoms with Crippen LogP contribution in [-0.4, -0.2) is 27.0 Å². The number of carbonyl (C=O) groups is 1. The zero-order valence-electron chi connectivity index (χ0n) is 17.2. The lowest BCUT2D eigenvalue weighted by Gasteiger charge is -2.19. The van der Waals surface area contributed by atoms with Crippen molar-refractivity contribution in [3.05, 3.63) is 87.9 Å². The lowest BCUT2D eigenvalue weighted by atomic mass is 10.1.